The van der Waals surface area contributed by atoms with E-state index in [0.717, 1.165) is 18.8 Å². The lowest BCUT2D eigenvalue weighted by Crippen LogP contribution is -2.47. The fraction of sp³-hybridized carbons (Fsp3) is 0.760. The molecule has 0 saturated carbocycles. The van der Waals surface area contributed by atoms with Crippen LogP contribution in [-0.4, -0.2) is 29.0 Å². The van der Waals surface area contributed by atoms with Crippen molar-refractivity contribution in [2.75, 3.05) is 13.2 Å². The normalized spacial score (nSPS) is 13.0. The van der Waals surface area contributed by atoms with Gasteiger partial charge in [0, 0.05) is 0 Å². The number of benzene rings is 1. The zero-order chi connectivity index (χ0) is 20.5. The first kappa shape index (κ1) is 25.1. The third-order valence-electron chi connectivity index (χ3n) is 6.12. The third kappa shape index (κ3) is 11.2. The van der Waals surface area contributed by atoms with Gasteiger partial charge in [-0.1, -0.05) is 108 Å². The van der Waals surface area contributed by atoms with Crippen molar-refractivity contribution in [3.8, 4) is 0 Å². The summed E-state index contributed by atoms with van der Waals surface area (Å²) in [4.78, 5) is 0. The van der Waals surface area contributed by atoms with Gasteiger partial charge in [-0.05, 0) is 30.7 Å². The van der Waals surface area contributed by atoms with E-state index in [1.165, 1.54) is 76.2 Å². The molecule has 0 bridgehead atoms. The van der Waals surface area contributed by atoms with Crippen molar-refractivity contribution >= 4 is 0 Å². The molecule has 0 aliphatic rings. The van der Waals surface area contributed by atoms with Crippen LogP contribution in [0, 0.1) is 0 Å². The minimum Gasteiger partial charge on any atom is -0.394 e. The molecule has 0 heterocycles. The van der Waals surface area contributed by atoms with E-state index < -0.39 is 5.54 Å². The Hall–Kier alpha value is -0.900. The maximum absolute atomic E-state index is 9.17. The minimum atomic E-state index is -0.780. The Kier molecular flexibility index (Phi) is 14.3. The molecule has 4 N–H and O–H groups in total. The van der Waals surface area contributed by atoms with Gasteiger partial charge in [-0.2, -0.15) is 0 Å². The number of nitrogens with two attached hydrogens (primary N) is 1. The van der Waals surface area contributed by atoms with Gasteiger partial charge in [0.05, 0.1) is 18.8 Å². The van der Waals surface area contributed by atoms with Crippen LogP contribution in [0.15, 0.2) is 30.3 Å². The lowest BCUT2D eigenvalue weighted by atomic mass is 9.91. The highest BCUT2D eigenvalue weighted by Crippen LogP contribution is 2.25. The van der Waals surface area contributed by atoms with Gasteiger partial charge in [-0.3, -0.25) is 0 Å². The molecule has 0 amide bonds. The van der Waals surface area contributed by atoms with E-state index in [1.807, 2.05) is 0 Å². The monoisotopic (exact) mass is 391 g/mol. The summed E-state index contributed by atoms with van der Waals surface area (Å²) < 4.78 is 0. The van der Waals surface area contributed by atoms with Gasteiger partial charge < -0.3 is 15.9 Å². The standard InChI is InChI=1S/C25H45NO2/c1-2-23(24-18-14-12-15-19-24)17-13-10-8-6-4-3-5-7-9-11-16-20-25(26,21-27)22-28/h12,14-15,18-19,23,27-28H,2-11,13,16-17,20-22,26H2,1H3. The molecule has 1 aromatic rings. The maximum Gasteiger partial charge on any atom is 0.0633 e. The Morgan fingerprint density at radius 3 is 1.68 bits per heavy atom. The largest absolute Gasteiger partial charge is 0.394 e. The molecule has 3 heteroatoms. The predicted octanol–water partition coefficient (Wildman–Crippen LogP) is 5.93. The second kappa shape index (κ2) is 16.0. The molecule has 0 aromatic heterocycles. The van der Waals surface area contributed by atoms with Crippen LogP contribution >= 0.6 is 0 Å². The van der Waals surface area contributed by atoms with Gasteiger partial charge >= 0.3 is 0 Å². The summed E-state index contributed by atoms with van der Waals surface area (Å²) in [7, 11) is 0. The van der Waals surface area contributed by atoms with Gasteiger partial charge in [-0.15, -0.1) is 0 Å². The van der Waals surface area contributed by atoms with E-state index in [2.05, 4.69) is 37.3 Å². The van der Waals surface area contributed by atoms with Crippen LogP contribution in [0.5, 0.6) is 0 Å². The molecular formula is C25H45NO2. The molecule has 0 spiro atoms. The van der Waals surface area contributed by atoms with Crippen LogP contribution in [0.4, 0.5) is 0 Å². The van der Waals surface area contributed by atoms with Crippen LogP contribution in [-0.2, 0) is 0 Å². The van der Waals surface area contributed by atoms with E-state index in [1.54, 1.807) is 0 Å². The van der Waals surface area contributed by atoms with E-state index in [-0.39, 0.29) is 13.2 Å². The summed E-state index contributed by atoms with van der Waals surface area (Å²) in [5.74, 6) is 0.736. The number of aliphatic hydroxyl groups excluding tert-OH is 2. The molecule has 162 valence electrons. The summed E-state index contributed by atoms with van der Waals surface area (Å²) in [6, 6.07) is 11.0. The van der Waals surface area contributed by atoms with Crippen molar-refractivity contribution in [3.63, 3.8) is 0 Å². The summed E-state index contributed by atoms with van der Waals surface area (Å²) in [5, 5.41) is 18.3. The molecule has 0 saturated heterocycles. The summed E-state index contributed by atoms with van der Waals surface area (Å²) in [6.07, 6.45) is 17.5. The van der Waals surface area contributed by atoms with Gasteiger partial charge in [0.1, 0.15) is 0 Å². The summed E-state index contributed by atoms with van der Waals surface area (Å²) >= 11 is 0. The molecular weight excluding hydrogens is 346 g/mol. The molecule has 1 rings (SSSR count). The topological polar surface area (TPSA) is 66.5 Å². The first-order valence-corrected chi connectivity index (χ1v) is 11.7. The van der Waals surface area contributed by atoms with Crippen molar-refractivity contribution in [1.82, 2.24) is 0 Å². The van der Waals surface area contributed by atoms with E-state index in [4.69, 9.17) is 15.9 Å². The van der Waals surface area contributed by atoms with Crippen molar-refractivity contribution in [3.05, 3.63) is 35.9 Å². The zero-order valence-corrected chi connectivity index (χ0v) is 18.2. The number of hydrogen-bond donors (Lipinski definition) is 3. The molecule has 0 aliphatic heterocycles. The number of unbranched alkanes of at least 4 members (excludes halogenated alkanes) is 10. The zero-order valence-electron chi connectivity index (χ0n) is 18.2. The Morgan fingerprint density at radius 2 is 1.21 bits per heavy atom. The van der Waals surface area contributed by atoms with Crippen molar-refractivity contribution in [2.24, 2.45) is 5.73 Å². The molecule has 3 nitrogen and oxygen atoms in total. The summed E-state index contributed by atoms with van der Waals surface area (Å²) in [5.41, 5.74) is 6.61. The smallest absolute Gasteiger partial charge is 0.0633 e. The number of aliphatic hydroxyl groups is 2. The first-order valence-electron chi connectivity index (χ1n) is 11.7. The van der Waals surface area contributed by atoms with E-state index >= 15 is 0 Å². The molecule has 1 unspecified atom stereocenters. The third-order valence-corrected chi connectivity index (χ3v) is 6.12. The Labute approximate surface area is 173 Å². The van der Waals surface area contributed by atoms with Crippen molar-refractivity contribution in [2.45, 2.75) is 108 Å². The van der Waals surface area contributed by atoms with E-state index in [0.29, 0.717) is 6.42 Å². The van der Waals surface area contributed by atoms with Crippen LogP contribution in [0.25, 0.3) is 0 Å². The van der Waals surface area contributed by atoms with Crippen LogP contribution in [0.3, 0.4) is 0 Å². The van der Waals surface area contributed by atoms with Crippen LogP contribution in [0.1, 0.15) is 108 Å². The lowest BCUT2D eigenvalue weighted by molar-refractivity contribution is 0.112. The highest BCUT2D eigenvalue weighted by molar-refractivity contribution is 5.19. The molecule has 1 atom stereocenters. The van der Waals surface area contributed by atoms with Gasteiger partial charge in [0.2, 0.25) is 0 Å². The second-order valence-electron chi connectivity index (χ2n) is 8.62. The average Bonchev–Trinajstić information content (AvgIpc) is 2.74. The molecule has 28 heavy (non-hydrogen) atoms. The van der Waals surface area contributed by atoms with Crippen molar-refractivity contribution in [1.29, 1.82) is 0 Å². The molecule has 0 radical (unpaired) electrons. The van der Waals surface area contributed by atoms with Gasteiger partial charge in [-0.25, -0.2) is 0 Å². The fourth-order valence-corrected chi connectivity index (χ4v) is 4.00. The average molecular weight is 392 g/mol. The van der Waals surface area contributed by atoms with Gasteiger partial charge in [0.15, 0.2) is 0 Å². The minimum absolute atomic E-state index is 0.130. The Bertz CT molecular complexity index is 459. The van der Waals surface area contributed by atoms with Crippen molar-refractivity contribution < 1.29 is 10.2 Å². The highest BCUT2D eigenvalue weighted by Gasteiger charge is 2.21. The second-order valence-corrected chi connectivity index (χ2v) is 8.62. The molecule has 1 aromatic carbocycles. The highest BCUT2D eigenvalue weighted by atomic mass is 16.3. The van der Waals surface area contributed by atoms with Crippen LogP contribution in [0.2, 0.25) is 0 Å². The SMILES string of the molecule is CCC(CCCCCCCCCCCCCC(N)(CO)CO)c1ccccc1. The van der Waals surface area contributed by atoms with Gasteiger partial charge in [0.25, 0.3) is 0 Å². The number of rotatable bonds is 18. The first-order chi connectivity index (χ1) is 13.6. The quantitative estimate of drug-likeness (QED) is 0.272. The van der Waals surface area contributed by atoms with Crippen LogP contribution < -0.4 is 5.73 Å². The molecule has 0 aliphatic carbocycles. The lowest BCUT2D eigenvalue weighted by Gasteiger charge is -2.24. The fourth-order valence-electron chi connectivity index (χ4n) is 4.00. The number of hydrogen-bond acceptors (Lipinski definition) is 3. The molecule has 0 fully saturated rings. The Morgan fingerprint density at radius 1 is 0.750 bits per heavy atom. The predicted molar refractivity (Wildman–Crippen MR) is 121 cm³/mol. The Balaban J connectivity index is 1.89. The van der Waals surface area contributed by atoms with E-state index in [9.17, 15) is 0 Å². The summed E-state index contributed by atoms with van der Waals surface area (Å²) in [6.45, 7) is 2.05. The maximum atomic E-state index is 9.17.